The summed E-state index contributed by atoms with van der Waals surface area (Å²) in [5.41, 5.74) is 0. The number of allylic oxidation sites excluding steroid dienone is 4. The van der Waals surface area contributed by atoms with Crippen LogP contribution in [0.2, 0.25) is 0 Å². The van der Waals surface area contributed by atoms with Crippen LogP contribution in [0, 0.1) is 6.08 Å². The van der Waals surface area contributed by atoms with Gasteiger partial charge in [0.25, 0.3) is 0 Å². The van der Waals surface area contributed by atoms with Crippen LogP contribution in [-0.4, -0.2) is 0 Å². The largest absolute Gasteiger partial charge is 0.0885 e. The van der Waals surface area contributed by atoms with Crippen LogP contribution >= 0.6 is 0 Å². The quantitative estimate of drug-likeness (QED) is 0.473. The molecule has 0 saturated heterocycles. The standard InChI is InChI=1S/C12H19/c1-2-4-6-8-10-12-11-9-7-5-3-1/h1-2,10H,3-7,9,11-12H2. The molecule has 0 N–H and O–H groups in total. The molecule has 1 aliphatic carbocycles. The Balaban J connectivity index is 2.19. The minimum atomic E-state index is 1.11. The molecule has 1 aliphatic rings. The minimum Gasteiger partial charge on any atom is -0.0885 e. The van der Waals surface area contributed by atoms with E-state index >= 15 is 0 Å². The summed E-state index contributed by atoms with van der Waals surface area (Å²) in [6.07, 6.45) is 20.5. The van der Waals surface area contributed by atoms with Crippen molar-refractivity contribution in [2.45, 2.75) is 51.4 Å². The van der Waals surface area contributed by atoms with Crippen molar-refractivity contribution in [3.8, 4) is 0 Å². The van der Waals surface area contributed by atoms with Crippen molar-refractivity contribution >= 4 is 0 Å². The normalized spacial score (nSPS) is 21.3. The van der Waals surface area contributed by atoms with Crippen molar-refractivity contribution < 1.29 is 0 Å². The molecule has 0 bridgehead atoms. The predicted molar refractivity (Wildman–Crippen MR) is 53.9 cm³/mol. The van der Waals surface area contributed by atoms with Gasteiger partial charge in [-0.25, -0.2) is 0 Å². The first-order valence-electron chi connectivity index (χ1n) is 5.20. The summed E-state index contributed by atoms with van der Waals surface area (Å²) in [6, 6.07) is 0. The second kappa shape index (κ2) is 7.15. The summed E-state index contributed by atoms with van der Waals surface area (Å²) in [4.78, 5) is 0. The minimum absolute atomic E-state index is 1.11. The van der Waals surface area contributed by atoms with Crippen LogP contribution in [0.4, 0.5) is 0 Å². The summed E-state index contributed by atoms with van der Waals surface area (Å²) < 4.78 is 0. The van der Waals surface area contributed by atoms with E-state index < -0.39 is 0 Å². The van der Waals surface area contributed by atoms with E-state index in [1.165, 1.54) is 44.9 Å². The lowest BCUT2D eigenvalue weighted by molar-refractivity contribution is 0.649. The van der Waals surface area contributed by atoms with Crippen LogP contribution in [0.5, 0.6) is 0 Å². The highest BCUT2D eigenvalue weighted by atomic mass is 13.9. The van der Waals surface area contributed by atoms with Gasteiger partial charge in [-0.1, -0.05) is 31.1 Å². The first-order valence-corrected chi connectivity index (χ1v) is 5.20. The van der Waals surface area contributed by atoms with Gasteiger partial charge >= 0.3 is 0 Å². The van der Waals surface area contributed by atoms with Crippen LogP contribution in [0.25, 0.3) is 0 Å². The molecule has 0 heterocycles. The van der Waals surface area contributed by atoms with Gasteiger partial charge in [-0.15, -0.1) is 0 Å². The third-order valence-corrected chi connectivity index (χ3v) is 2.24. The molecule has 0 aromatic carbocycles. The van der Waals surface area contributed by atoms with Gasteiger partial charge in [0.15, 0.2) is 0 Å². The second-order valence-electron chi connectivity index (χ2n) is 3.41. The van der Waals surface area contributed by atoms with E-state index in [9.17, 15) is 0 Å². The van der Waals surface area contributed by atoms with Crippen molar-refractivity contribution in [2.24, 2.45) is 0 Å². The average Bonchev–Trinajstić information content (AvgIpc) is 2.05. The fourth-order valence-electron chi connectivity index (χ4n) is 1.47. The Kier molecular flexibility index (Phi) is 5.70. The Labute approximate surface area is 76.4 Å². The Hall–Kier alpha value is -0.520. The van der Waals surface area contributed by atoms with E-state index in [2.05, 4.69) is 24.3 Å². The molecule has 0 nitrogen and oxygen atoms in total. The first kappa shape index (κ1) is 9.57. The average molecular weight is 163 g/mol. The number of rotatable bonds is 0. The van der Waals surface area contributed by atoms with Crippen LogP contribution in [0.3, 0.4) is 0 Å². The van der Waals surface area contributed by atoms with Crippen molar-refractivity contribution in [1.29, 1.82) is 0 Å². The maximum atomic E-state index is 3.33. The maximum absolute atomic E-state index is 3.33. The van der Waals surface area contributed by atoms with Gasteiger partial charge in [-0.05, 0) is 44.6 Å². The molecule has 0 atom stereocenters. The smallest absolute Gasteiger partial charge is 0.0245 e. The molecule has 0 amide bonds. The van der Waals surface area contributed by atoms with Gasteiger partial charge in [-0.2, -0.15) is 0 Å². The van der Waals surface area contributed by atoms with E-state index in [1.54, 1.807) is 0 Å². The Morgan fingerprint density at radius 2 is 1.50 bits per heavy atom. The summed E-state index contributed by atoms with van der Waals surface area (Å²) in [5, 5.41) is 0. The zero-order valence-corrected chi connectivity index (χ0v) is 7.89. The lowest BCUT2D eigenvalue weighted by atomic mass is 10.1. The topological polar surface area (TPSA) is 0 Å². The highest BCUT2D eigenvalue weighted by Gasteiger charge is 1.88. The number of hydrogen-bond acceptors (Lipinski definition) is 0. The molecule has 0 aliphatic heterocycles. The molecule has 0 saturated carbocycles. The highest BCUT2D eigenvalue weighted by Crippen LogP contribution is 2.08. The summed E-state index contributed by atoms with van der Waals surface area (Å²) in [5.74, 6) is 0. The van der Waals surface area contributed by atoms with Gasteiger partial charge in [0.05, 0.1) is 0 Å². The molecule has 0 spiro atoms. The highest BCUT2D eigenvalue weighted by molar-refractivity contribution is 4.85. The first-order chi connectivity index (χ1) is 6.00. The van der Waals surface area contributed by atoms with Crippen LogP contribution < -0.4 is 0 Å². The molecule has 12 heavy (non-hydrogen) atoms. The molecule has 0 fully saturated rings. The molecule has 0 aromatic heterocycles. The molecular formula is C12H19. The van der Waals surface area contributed by atoms with E-state index in [4.69, 9.17) is 0 Å². The fourth-order valence-corrected chi connectivity index (χ4v) is 1.47. The van der Waals surface area contributed by atoms with Gasteiger partial charge in [0.1, 0.15) is 0 Å². The Morgan fingerprint density at radius 1 is 0.750 bits per heavy atom. The molecule has 67 valence electrons. The zero-order chi connectivity index (χ0) is 8.49. The van der Waals surface area contributed by atoms with E-state index in [1.807, 2.05) is 0 Å². The zero-order valence-electron chi connectivity index (χ0n) is 7.89. The molecular weight excluding hydrogens is 144 g/mol. The van der Waals surface area contributed by atoms with Crippen molar-refractivity contribution in [1.82, 2.24) is 0 Å². The predicted octanol–water partition coefficient (Wildman–Crippen LogP) is 4.04. The van der Waals surface area contributed by atoms with Gasteiger partial charge in [-0.3, -0.25) is 0 Å². The number of hydrogen-bond donors (Lipinski definition) is 0. The van der Waals surface area contributed by atoms with Crippen molar-refractivity contribution in [3.63, 3.8) is 0 Å². The Morgan fingerprint density at radius 3 is 2.42 bits per heavy atom. The van der Waals surface area contributed by atoms with Crippen LogP contribution in [0.15, 0.2) is 18.2 Å². The molecule has 1 rings (SSSR count). The van der Waals surface area contributed by atoms with Crippen molar-refractivity contribution in [2.75, 3.05) is 0 Å². The van der Waals surface area contributed by atoms with Gasteiger partial charge in [0.2, 0.25) is 0 Å². The van der Waals surface area contributed by atoms with Crippen LogP contribution in [-0.2, 0) is 0 Å². The van der Waals surface area contributed by atoms with E-state index in [-0.39, 0.29) is 0 Å². The van der Waals surface area contributed by atoms with Crippen molar-refractivity contribution in [3.05, 3.63) is 24.3 Å². The molecule has 0 aromatic rings. The third kappa shape index (κ3) is 5.17. The molecule has 1 radical (unpaired) electrons. The summed E-state index contributed by atoms with van der Waals surface area (Å²) in [6.45, 7) is 0. The molecule has 0 unspecified atom stereocenters. The molecule has 0 heteroatoms. The third-order valence-electron chi connectivity index (χ3n) is 2.24. The maximum Gasteiger partial charge on any atom is -0.0245 e. The van der Waals surface area contributed by atoms with E-state index in [0.717, 1.165) is 6.42 Å². The summed E-state index contributed by atoms with van der Waals surface area (Å²) >= 11 is 0. The lowest BCUT2D eigenvalue weighted by Crippen LogP contribution is -1.78. The monoisotopic (exact) mass is 163 g/mol. The van der Waals surface area contributed by atoms with Gasteiger partial charge < -0.3 is 0 Å². The van der Waals surface area contributed by atoms with E-state index in [0.29, 0.717) is 0 Å². The van der Waals surface area contributed by atoms with Gasteiger partial charge in [0, 0.05) is 0 Å². The second-order valence-corrected chi connectivity index (χ2v) is 3.41. The SMILES string of the molecule is [C]1=CCCCCCCC=CCC1. The fraction of sp³-hybridized carbons (Fsp3) is 0.667. The van der Waals surface area contributed by atoms with Crippen LogP contribution in [0.1, 0.15) is 51.4 Å². The Bertz CT molecular complexity index is 124. The summed E-state index contributed by atoms with van der Waals surface area (Å²) in [7, 11) is 0. The lowest BCUT2D eigenvalue weighted by Gasteiger charge is -1.98.